The molecule has 2 rings (SSSR count). The van der Waals surface area contributed by atoms with E-state index in [1.807, 2.05) is 0 Å². The molecule has 2 nitrogen and oxygen atoms in total. The monoisotopic (exact) mass is 293 g/mol. The summed E-state index contributed by atoms with van der Waals surface area (Å²) in [5.74, 6) is -2.17. The van der Waals surface area contributed by atoms with Gasteiger partial charge in [-0.05, 0) is 30.7 Å². The van der Waals surface area contributed by atoms with Crippen LogP contribution in [0.1, 0.15) is 24.1 Å². The minimum Gasteiger partial charge on any atom is -0.349 e. The highest BCUT2D eigenvalue weighted by atomic mass is 19.1. The van der Waals surface area contributed by atoms with Crippen molar-refractivity contribution < 1.29 is 18.0 Å². The molecule has 0 unspecified atom stereocenters. The van der Waals surface area contributed by atoms with Gasteiger partial charge in [0, 0.05) is 11.6 Å². The summed E-state index contributed by atoms with van der Waals surface area (Å²) in [6.45, 7) is 1.60. The molecule has 0 bridgehead atoms. The van der Waals surface area contributed by atoms with Crippen LogP contribution in [-0.4, -0.2) is 5.91 Å². The molecule has 0 aliphatic carbocycles. The molecule has 1 N–H and O–H groups in total. The fourth-order valence-electron chi connectivity index (χ4n) is 2.06. The zero-order valence-electron chi connectivity index (χ0n) is 11.4. The second-order valence-corrected chi connectivity index (χ2v) is 4.76. The molecular formula is C16H14F3NO. The molecule has 5 heteroatoms. The Bertz CT molecular complexity index is 658. The van der Waals surface area contributed by atoms with Gasteiger partial charge < -0.3 is 5.32 Å². The lowest BCUT2D eigenvalue weighted by Gasteiger charge is -2.15. The van der Waals surface area contributed by atoms with Crippen LogP contribution in [0.15, 0.2) is 42.5 Å². The Kier molecular flexibility index (Phi) is 4.62. The normalized spacial score (nSPS) is 12.0. The molecule has 0 spiro atoms. The molecule has 110 valence electrons. The van der Waals surface area contributed by atoms with Gasteiger partial charge in [-0.3, -0.25) is 4.79 Å². The average Bonchev–Trinajstić information content (AvgIpc) is 2.38. The van der Waals surface area contributed by atoms with Crippen molar-refractivity contribution >= 4 is 5.91 Å². The van der Waals surface area contributed by atoms with E-state index in [-0.39, 0.29) is 17.9 Å². The summed E-state index contributed by atoms with van der Waals surface area (Å²) < 4.78 is 39.4. The Hall–Kier alpha value is -2.30. The van der Waals surface area contributed by atoms with Gasteiger partial charge in [-0.25, -0.2) is 13.2 Å². The summed E-state index contributed by atoms with van der Waals surface area (Å²) in [5.41, 5.74) is 0.725. The molecule has 0 aliphatic heterocycles. The first-order valence-corrected chi connectivity index (χ1v) is 6.44. The number of carbonyl (C=O) groups is 1. The minimum absolute atomic E-state index is 0.00901. The molecule has 0 fully saturated rings. The molecule has 2 aromatic rings. The molecule has 0 aromatic heterocycles. The Morgan fingerprint density at radius 2 is 1.81 bits per heavy atom. The summed E-state index contributed by atoms with van der Waals surface area (Å²) in [7, 11) is 0. The van der Waals surface area contributed by atoms with Crippen molar-refractivity contribution in [3.05, 3.63) is 71.0 Å². The van der Waals surface area contributed by atoms with E-state index in [2.05, 4.69) is 5.32 Å². The van der Waals surface area contributed by atoms with Crippen molar-refractivity contribution in [3.63, 3.8) is 0 Å². The topological polar surface area (TPSA) is 29.1 Å². The van der Waals surface area contributed by atoms with Crippen molar-refractivity contribution in [2.45, 2.75) is 19.4 Å². The fraction of sp³-hybridized carbons (Fsp3) is 0.188. The fourth-order valence-corrected chi connectivity index (χ4v) is 2.06. The molecular weight excluding hydrogens is 279 g/mol. The lowest BCUT2D eigenvalue weighted by molar-refractivity contribution is -0.121. The van der Waals surface area contributed by atoms with Crippen molar-refractivity contribution in [1.82, 2.24) is 5.32 Å². The van der Waals surface area contributed by atoms with Gasteiger partial charge in [0.2, 0.25) is 5.91 Å². The van der Waals surface area contributed by atoms with E-state index in [1.165, 1.54) is 24.3 Å². The number of carbonyl (C=O) groups excluding carboxylic acids is 1. The predicted octanol–water partition coefficient (Wildman–Crippen LogP) is 3.52. The predicted molar refractivity (Wildman–Crippen MR) is 73.0 cm³/mol. The summed E-state index contributed by atoms with van der Waals surface area (Å²) >= 11 is 0. The van der Waals surface area contributed by atoms with Crippen molar-refractivity contribution in [2.24, 2.45) is 0 Å². The average molecular weight is 293 g/mol. The van der Waals surface area contributed by atoms with Crippen LogP contribution in [0, 0.1) is 17.5 Å². The second-order valence-electron chi connectivity index (χ2n) is 4.76. The molecule has 0 saturated carbocycles. The number of nitrogens with one attached hydrogen (secondary N) is 1. The summed E-state index contributed by atoms with van der Waals surface area (Å²) in [6, 6.07) is 8.29. The van der Waals surface area contributed by atoms with Crippen LogP contribution in [-0.2, 0) is 11.2 Å². The Balaban J connectivity index is 2.02. The Labute approximate surface area is 120 Å². The van der Waals surface area contributed by atoms with Crippen LogP contribution in [0.4, 0.5) is 13.2 Å². The van der Waals surface area contributed by atoms with Crippen LogP contribution in [0.2, 0.25) is 0 Å². The SMILES string of the molecule is C[C@H](NC(=O)Cc1cccc(F)c1)c1ccc(F)cc1F. The third-order valence-electron chi connectivity index (χ3n) is 3.06. The first kappa shape index (κ1) is 15.1. The molecule has 21 heavy (non-hydrogen) atoms. The minimum atomic E-state index is -0.714. The molecule has 2 aromatic carbocycles. The Morgan fingerprint density at radius 1 is 1.10 bits per heavy atom. The van der Waals surface area contributed by atoms with Gasteiger partial charge >= 0.3 is 0 Å². The van der Waals surface area contributed by atoms with Crippen LogP contribution >= 0.6 is 0 Å². The summed E-state index contributed by atoms with van der Waals surface area (Å²) in [6.07, 6.45) is -0.00901. The maximum absolute atomic E-state index is 13.6. The molecule has 1 atom stereocenters. The van der Waals surface area contributed by atoms with Crippen molar-refractivity contribution in [2.75, 3.05) is 0 Å². The van der Waals surface area contributed by atoms with E-state index in [1.54, 1.807) is 13.0 Å². The molecule has 0 radical (unpaired) electrons. The lowest BCUT2D eigenvalue weighted by Crippen LogP contribution is -2.28. The van der Waals surface area contributed by atoms with Gasteiger partial charge in [-0.15, -0.1) is 0 Å². The second kappa shape index (κ2) is 6.43. The summed E-state index contributed by atoms with van der Waals surface area (Å²) in [4.78, 5) is 11.9. The van der Waals surface area contributed by atoms with Crippen LogP contribution in [0.3, 0.4) is 0 Å². The van der Waals surface area contributed by atoms with E-state index in [0.717, 1.165) is 12.1 Å². The van der Waals surface area contributed by atoms with Gasteiger partial charge in [0.1, 0.15) is 17.5 Å². The van der Waals surface area contributed by atoms with Gasteiger partial charge in [0.05, 0.1) is 12.5 Å². The van der Waals surface area contributed by atoms with Crippen molar-refractivity contribution in [3.8, 4) is 0 Å². The number of rotatable bonds is 4. The first-order chi connectivity index (χ1) is 9.95. The zero-order valence-corrected chi connectivity index (χ0v) is 11.4. The number of hydrogen-bond acceptors (Lipinski definition) is 1. The maximum atomic E-state index is 13.6. The van der Waals surface area contributed by atoms with Crippen LogP contribution in [0.5, 0.6) is 0 Å². The molecule has 1 amide bonds. The summed E-state index contributed by atoms with van der Waals surface area (Å²) in [5, 5.41) is 2.60. The molecule has 0 heterocycles. The number of benzene rings is 2. The quantitative estimate of drug-likeness (QED) is 0.918. The third-order valence-corrected chi connectivity index (χ3v) is 3.06. The van der Waals surface area contributed by atoms with Crippen LogP contribution in [0.25, 0.3) is 0 Å². The van der Waals surface area contributed by atoms with E-state index in [9.17, 15) is 18.0 Å². The molecule has 0 saturated heterocycles. The van der Waals surface area contributed by atoms with Gasteiger partial charge in [0.25, 0.3) is 0 Å². The van der Waals surface area contributed by atoms with Gasteiger partial charge in [0.15, 0.2) is 0 Å². The number of halogens is 3. The number of amides is 1. The Morgan fingerprint density at radius 3 is 2.48 bits per heavy atom. The first-order valence-electron chi connectivity index (χ1n) is 6.44. The van der Waals surface area contributed by atoms with E-state index in [4.69, 9.17) is 0 Å². The maximum Gasteiger partial charge on any atom is 0.224 e. The number of hydrogen-bond donors (Lipinski definition) is 1. The van der Waals surface area contributed by atoms with Crippen LogP contribution < -0.4 is 5.32 Å². The zero-order chi connectivity index (χ0) is 15.4. The van der Waals surface area contributed by atoms with Gasteiger partial charge in [-0.2, -0.15) is 0 Å². The lowest BCUT2D eigenvalue weighted by atomic mass is 10.1. The molecule has 0 aliphatic rings. The van der Waals surface area contributed by atoms with E-state index < -0.39 is 23.5 Å². The third kappa shape index (κ3) is 4.08. The van der Waals surface area contributed by atoms with E-state index in [0.29, 0.717) is 5.56 Å². The smallest absolute Gasteiger partial charge is 0.224 e. The van der Waals surface area contributed by atoms with Gasteiger partial charge in [-0.1, -0.05) is 18.2 Å². The highest BCUT2D eigenvalue weighted by molar-refractivity contribution is 5.79. The highest BCUT2D eigenvalue weighted by Gasteiger charge is 2.14. The van der Waals surface area contributed by atoms with E-state index >= 15 is 0 Å². The largest absolute Gasteiger partial charge is 0.349 e. The van der Waals surface area contributed by atoms with Crippen molar-refractivity contribution in [1.29, 1.82) is 0 Å². The highest BCUT2D eigenvalue weighted by Crippen LogP contribution is 2.17. The standard InChI is InChI=1S/C16H14F3NO/c1-10(14-6-5-13(18)9-15(14)19)20-16(21)8-11-3-2-4-12(17)7-11/h2-7,9-10H,8H2,1H3,(H,20,21)/t10-/m0/s1.